The van der Waals surface area contributed by atoms with Crippen molar-refractivity contribution in [2.75, 3.05) is 6.61 Å². The zero-order valence-electron chi connectivity index (χ0n) is 10.2. The first-order valence-electron chi connectivity index (χ1n) is 5.60. The Labute approximate surface area is 102 Å². The van der Waals surface area contributed by atoms with Crippen LogP contribution in [0.4, 0.5) is 0 Å². The summed E-state index contributed by atoms with van der Waals surface area (Å²) in [6, 6.07) is 7.58. The molecule has 2 N–H and O–H groups in total. The molecule has 1 aromatic carbocycles. The normalized spacial score (nSPS) is 9.65. The molecule has 0 aliphatic rings. The Hall–Kier alpha value is -1.79. The van der Waals surface area contributed by atoms with E-state index in [4.69, 9.17) is 5.11 Å². The standard InChI is InChI=1S/C14H17NO2/c1-11(2)14(17)15-10-13-7-4-3-6-12(13)8-5-9-16/h3-4,6-7,11,16H,9-10H2,1-2H3,(H,15,17). The number of hydrogen-bond donors (Lipinski definition) is 2. The van der Waals surface area contributed by atoms with Gasteiger partial charge in [-0.3, -0.25) is 4.79 Å². The minimum Gasteiger partial charge on any atom is -0.384 e. The van der Waals surface area contributed by atoms with Gasteiger partial charge in [0.2, 0.25) is 5.91 Å². The number of carbonyl (C=O) groups excluding carboxylic acids is 1. The van der Waals surface area contributed by atoms with Crippen molar-refractivity contribution in [3.8, 4) is 11.8 Å². The van der Waals surface area contributed by atoms with Gasteiger partial charge in [0.1, 0.15) is 6.61 Å². The van der Waals surface area contributed by atoms with Gasteiger partial charge in [-0.2, -0.15) is 0 Å². The van der Waals surface area contributed by atoms with Gasteiger partial charge in [0, 0.05) is 18.0 Å². The van der Waals surface area contributed by atoms with Gasteiger partial charge in [-0.15, -0.1) is 0 Å². The molecule has 0 aliphatic heterocycles. The first-order valence-corrected chi connectivity index (χ1v) is 5.60. The van der Waals surface area contributed by atoms with Crippen LogP contribution in [0.3, 0.4) is 0 Å². The number of aliphatic hydroxyl groups excluding tert-OH is 1. The summed E-state index contributed by atoms with van der Waals surface area (Å²) in [7, 11) is 0. The highest BCUT2D eigenvalue weighted by Gasteiger charge is 2.06. The largest absolute Gasteiger partial charge is 0.384 e. The Morgan fingerprint density at radius 3 is 2.76 bits per heavy atom. The molecular weight excluding hydrogens is 214 g/mol. The van der Waals surface area contributed by atoms with Crippen LogP contribution in [0.1, 0.15) is 25.0 Å². The Bertz CT molecular complexity index is 441. The molecule has 0 radical (unpaired) electrons. The summed E-state index contributed by atoms with van der Waals surface area (Å²) in [4.78, 5) is 11.5. The van der Waals surface area contributed by atoms with E-state index in [-0.39, 0.29) is 18.4 Å². The van der Waals surface area contributed by atoms with Crippen LogP contribution in [0.2, 0.25) is 0 Å². The molecule has 0 fully saturated rings. The molecule has 0 atom stereocenters. The molecule has 90 valence electrons. The van der Waals surface area contributed by atoms with E-state index in [1.165, 1.54) is 0 Å². The van der Waals surface area contributed by atoms with Gasteiger partial charge in [0.05, 0.1) is 0 Å². The van der Waals surface area contributed by atoms with Crippen LogP contribution in [0.5, 0.6) is 0 Å². The Morgan fingerprint density at radius 1 is 1.41 bits per heavy atom. The summed E-state index contributed by atoms with van der Waals surface area (Å²) >= 11 is 0. The van der Waals surface area contributed by atoms with Crippen LogP contribution in [0.15, 0.2) is 24.3 Å². The Balaban J connectivity index is 2.74. The second-order valence-electron chi connectivity index (χ2n) is 3.99. The summed E-state index contributed by atoms with van der Waals surface area (Å²) < 4.78 is 0. The molecule has 1 amide bonds. The lowest BCUT2D eigenvalue weighted by Gasteiger charge is -2.09. The van der Waals surface area contributed by atoms with Gasteiger partial charge in [0.15, 0.2) is 0 Å². The van der Waals surface area contributed by atoms with E-state index in [2.05, 4.69) is 17.2 Å². The molecule has 0 unspecified atom stereocenters. The number of hydrogen-bond acceptors (Lipinski definition) is 2. The highest BCUT2D eigenvalue weighted by molar-refractivity contribution is 5.77. The molecule has 0 bridgehead atoms. The van der Waals surface area contributed by atoms with Gasteiger partial charge in [-0.05, 0) is 11.6 Å². The number of benzene rings is 1. The van der Waals surface area contributed by atoms with Crippen molar-refractivity contribution in [2.24, 2.45) is 5.92 Å². The zero-order chi connectivity index (χ0) is 12.7. The molecule has 17 heavy (non-hydrogen) atoms. The smallest absolute Gasteiger partial charge is 0.222 e. The quantitative estimate of drug-likeness (QED) is 0.770. The molecule has 1 rings (SSSR count). The van der Waals surface area contributed by atoms with E-state index >= 15 is 0 Å². The molecule has 3 heteroatoms. The van der Waals surface area contributed by atoms with E-state index in [1.54, 1.807) is 0 Å². The number of aliphatic hydroxyl groups is 1. The van der Waals surface area contributed by atoms with Crippen molar-refractivity contribution >= 4 is 5.91 Å². The first-order chi connectivity index (χ1) is 8.15. The summed E-state index contributed by atoms with van der Waals surface area (Å²) in [6.45, 7) is 4.01. The maximum atomic E-state index is 11.5. The van der Waals surface area contributed by atoms with E-state index in [0.717, 1.165) is 11.1 Å². The lowest BCUT2D eigenvalue weighted by atomic mass is 10.1. The minimum absolute atomic E-state index is 0.0225. The fourth-order valence-corrected chi connectivity index (χ4v) is 1.32. The van der Waals surface area contributed by atoms with Crippen molar-refractivity contribution in [1.82, 2.24) is 5.32 Å². The SMILES string of the molecule is CC(C)C(=O)NCc1ccccc1C#CCO. The van der Waals surface area contributed by atoms with Crippen LogP contribution in [0.25, 0.3) is 0 Å². The van der Waals surface area contributed by atoms with Crippen molar-refractivity contribution < 1.29 is 9.90 Å². The number of amides is 1. The second-order valence-corrected chi connectivity index (χ2v) is 3.99. The van der Waals surface area contributed by atoms with E-state index in [0.29, 0.717) is 6.54 Å². The molecule has 0 saturated carbocycles. The highest BCUT2D eigenvalue weighted by atomic mass is 16.2. The topological polar surface area (TPSA) is 49.3 Å². The van der Waals surface area contributed by atoms with E-state index in [9.17, 15) is 4.79 Å². The summed E-state index contributed by atoms with van der Waals surface area (Å²) in [6.07, 6.45) is 0. The number of rotatable bonds is 3. The zero-order valence-corrected chi connectivity index (χ0v) is 10.2. The van der Waals surface area contributed by atoms with Gasteiger partial charge >= 0.3 is 0 Å². The molecule has 0 aromatic heterocycles. The van der Waals surface area contributed by atoms with Crippen LogP contribution in [-0.4, -0.2) is 17.6 Å². The lowest BCUT2D eigenvalue weighted by Crippen LogP contribution is -2.27. The number of nitrogens with one attached hydrogen (secondary N) is 1. The fraction of sp³-hybridized carbons (Fsp3) is 0.357. The van der Waals surface area contributed by atoms with Crippen molar-refractivity contribution in [1.29, 1.82) is 0 Å². The molecule has 0 saturated heterocycles. The molecule has 0 heterocycles. The summed E-state index contributed by atoms with van der Waals surface area (Å²) in [5, 5.41) is 11.5. The third-order valence-electron chi connectivity index (χ3n) is 2.30. The summed E-state index contributed by atoms with van der Waals surface area (Å²) in [5.74, 6) is 5.47. The van der Waals surface area contributed by atoms with E-state index < -0.39 is 0 Å². The monoisotopic (exact) mass is 231 g/mol. The first kappa shape index (κ1) is 13.3. The predicted octanol–water partition coefficient (Wildman–Crippen LogP) is 1.30. The highest BCUT2D eigenvalue weighted by Crippen LogP contribution is 2.07. The lowest BCUT2D eigenvalue weighted by molar-refractivity contribution is -0.124. The maximum absolute atomic E-state index is 11.5. The van der Waals surface area contributed by atoms with Crippen molar-refractivity contribution in [3.63, 3.8) is 0 Å². The molecule has 0 aliphatic carbocycles. The van der Waals surface area contributed by atoms with Crippen LogP contribution < -0.4 is 5.32 Å². The van der Waals surface area contributed by atoms with Crippen molar-refractivity contribution in [2.45, 2.75) is 20.4 Å². The molecular formula is C14H17NO2. The second kappa shape index (κ2) is 6.72. The average molecular weight is 231 g/mol. The van der Waals surface area contributed by atoms with E-state index in [1.807, 2.05) is 38.1 Å². The Morgan fingerprint density at radius 2 is 2.12 bits per heavy atom. The maximum Gasteiger partial charge on any atom is 0.222 e. The summed E-state index contributed by atoms with van der Waals surface area (Å²) in [5.41, 5.74) is 1.80. The average Bonchev–Trinajstić information content (AvgIpc) is 2.34. The third-order valence-corrected chi connectivity index (χ3v) is 2.30. The fourth-order valence-electron chi connectivity index (χ4n) is 1.32. The van der Waals surface area contributed by atoms with Crippen LogP contribution >= 0.6 is 0 Å². The molecule has 0 spiro atoms. The van der Waals surface area contributed by atoms with Gasteiger partial charge in [0.25, 0.3) is 0 Å². The van der Waals surface area contributed by atoms with Gasteiger partial charge in [-0.25, -0.2) is 0 Å². The predicted molar refractivity (Wildman–Crippen MR) is 67.1 cm³/mol. The van der Waals surface area contributed by atoms with Crippen LogP contribution in [-0.2, 0) is 11.3 Å². The van der Waals surface area contributed by atoms with Crippen molar-refractivity contribution in [3.05, 3.63) is 35.4 Å². The van der Waals surface area contributed by atoms with Crippen LogP contribution in [0, 0.1) is 17.8 Å². The third kappa shape index (κ3) is 4.29. The van der Waals surface area contributed by atoms with Gasteiger partial charge in [-0.1, -0.05) is 43.9 Å². The minimum atomic E-state index is -0.160. The number of carbonyl (C=O) groups is 1. The van der Waals surface area contributed by atoms with Gasteiger partial charge < -0.3 is 10.4 Å². The Kier molecular flexibility index (Phi) is 5.25. The molecule has 3 nitrogen and oxygen atoms in total. The molecule has 1 aromatic rings.